The van der Waals surface area contributed by atoms with Crippen molar-refractivity contribution in [2.75, 3.05) is 12.4 Å². The highest BCUT2D eigenvalue weighted by Gasteiger charge is 1.99. The van der Waals surface area contributed by atoms with Gasteiger partial charge in [0.1, 0.15) is 4.34 Å². The number of aromatic nitrogens is 1. The van der Waals surface area contributed by atoms with E-state index in [1.807, 2.05) is 0 Å². The molecule has 60 valence electrons. The van der Waals surface area contributed by atoms with E-state index in [0.29, 0.717) is 14.6 Å². The van der Waals surface area contributed by atoms with Crippen LogP contribution in [0.5, 0.6) is 0 Å². The van der Waals surface area contributed by atoms with Crippen LogP contribution in [0, 0.1) is 0 Å². The molecule has 1 rings (SSSR count). The van der Waals surface area contributed by atoms with E-state index < -0.39 is 0 Å². The third kappa shape index (κ3) is 2.61. The lowest BCUT2D eigenvalue weighted by Crippen LogP contribution is -2.23. The Balaban J connectivity index is 2.57. The van der Waals surface area contributed by atoms with Crippen LogP contribution >= 0.6 is 35.2 Å². The molecule has 0 radical (unpaired) electrons. The fourth-order valence-corrected chi connectivity index (χ4v) is 1.45. The second kappa shape index (κ2) is 3.85. The van der Waals surface area contributed by atoms with E-state index >= 15 is 0 Å². The monoisotopic (exact) mass is 207 g/mol. The molecule has 0 unspecified atom stereocenters. The molecule has 0 saturated heterocycles. The molecular formula is C5H6ClN3S2. The molecule has 0 bridgehead atoms. The second-order valence-electron chi connectivity index (χ2n) is 1.67. The Kier molecular flexibility index (Phi) is 3.04. The minimum atomic E-state index is 0.538. The van der Waals surface area contributed by atoms with Crippen LogP contribution in [0.2, 0.25) is 4.34 Å². The first-order valence-electron chi connectivity index (χ1n) is 2.82. The van der Waals surface area contributed by atoms with E-state index in [1.54, 1.807) is 13.2 Å². The molecule has 0 aromatic carbocycles. The summed E-state index contributed by atoms with van der Waals surface area (Å²) in [6.45, 7) is 0. The van der Waals surface area contributed by atoms with Gasteiger partial charge in [-0.25, -0.2) is 4.98 Å². The van der Waals surface area contributed by atoms with E-state index in [9.17, 15) is 0 Å². The average molecular weight is 208 g/mol. The Bertz CT molecular complexity index is 260. The van der Waals surface area contributed by atoms with Crippen LogP contribution in [0.25, 0.3) is 0 Å². The molecular weight excluding hydrogens is 202 g/mol. The standard InChI is InChI=1S/C5H6ClN3S2/c1-7-4(10)9-5-8-2-3(6)11-5/h2H,1H3,(H2,7,8,9,10). The van der Waals surface area contributed by atoms with Gasteiger partial charge in [-0.05, 0) is 12.2 Å². The van der Waals surface area contributed by atoms with Crippen molar-refractivity contribution in [2.24, 2.45) is 0 Å². The first-order valence-corrected chi connectivity index (χ1v) is 4.42. The summed E-state index contributed by atoms with van der Waals surface area (Å²) in [7, 11) is 1.74. The van der Waals surface area contributed by atoms with Gasteiger partial charge in [-0.1, -0.05) is 22.9 Å². The largest absolute Gasteiger partial charge is 0.365 e. The molecule has 1 aromatic heterocycles. The van der Waals surface area contributed by atoms with Gasteiger partial charge in [0.2, 0.25) is 0 Å². The molecule has 0 aliphatic carbocycles. The highest BCUT2D eigenvalue weighted by Crippen LogP contribution is 2.22. The van der Waals surface area contributed by atoms with Crippen molar-refractivity contribution in [2.45, 2.75) is 0 Å². The fraction of sp³-hybridized carbons (Fsp3) is 0.200. The Labute approximate surface area is 78.8 Å². The van der Waals surface area contributed by atoms with E-state index in [-0.39, 0.29) is 0 Å². The third-order valence-electron chi connectivity index (χ3n) is 0.925. The summed E-state index contributed by atoms with van der Waals surface area (Å²) in [5.74, 6) is 0. The predicted molar refractivity (Wildman–Crippen MR) is 52.4 cm³/mol. The van der Waals surface area contributed by atoms with Gasteiger partial charge in [0, 0.05) is 7.05 Å². The number of rotatable bonds is 1. The van der Waals surface area contributed by atoms with E-state index in [2.05, 4.69) is 15.6 Å². The smallest absolute Gasteiger partial charge is 0.190 e. The van der Waals surface area contributed by atoms with Crippen LogP contribution < -0.4 is 10.6 Å². The quantitative estimate of drug-likeness (QED) is 0.688. The van der Waals surface area contributed by atoms with Crippen molar-refractivity contribution < 1.29 is 0 Å². The summed E-state index contributed by atoms with van der Waals surface area (Å²) < 4.78 is 0.645. The van der Waals surface area contributed by atoms with Gasteiger partial charge in [-0.2, -0.15) is 0 Å². The maximum atomic E-state index is 5.64. The second-order valence-corrected chi connectivity index (χ2v) is 3.74. The first-order chi connectivity index (χ1) is 5.22. The number of halogens is 1. The van der Waals surface area contributed by atoms with Crippen molar-refractivity contribution >= 4 is 45.4 Å². The lowest BCUT2D eigenvalue weighted by molar-refractivity contribution is 1.19. The van der Waals surface area contributed by atoms with Crippen LogP contribution in [0.3, 0.4) is 0 Å². The number of nitrogens with zero attached hydrogens (tertiary/aromatic N) is 1. The minimum Gasteiger partial charge on any atom is -0.365 e. The Morgan fingerprint density at radius 2 is 2.55 bits per heavy atom. The summed E-state index contributed by atoms with van der Waals surface area (Å²) in [4.78, 5) is 3.95. The number of thiazole rings is 1. The molecule has 0 atom stereocenters. The summed E-state index contributed by atoms with van der Waals surface area (Å²) in [5.41, 5.74) is 0. The van der Waals surface area contributed by atoms with Crippen molar-refractivity contribution in [3.63, 3.8) is 0 Å². The van der Waals surface area contributed by atoms with Crippen molar-refractivity contribution in [1.29, 1.82) is 0 Å². The normalized spacial score (nSPS) is 9.27. The Morgan fingerprint density at radius 3 is 3.00 bits per heavy atom. The molecule has 0 fully saturated rings. The van der Waals surface area contributed by atoms with Gasteiger partial charge in [-0.3, -0.25) is 0 Å². The SMILES string of the molecule is CNC(=S)Nc1ncc(Cl)s1. The van der Waals surface area contributed by atoms with Gasteiger partial charge in [0.25, 0.3) is 0 Å². The van der Waals surface area contributed by atoms with Gasteiger partial charge in [-0.15, -0.1) is 0 Å². The number of anilines is 1. The number of hydrogen-bond acceptors (Lipinski definition) is 3. The first kappa shape index (κ1) is 8.70. The Hall–Kier alpha value is -0.390. The topological polar surface area (TPSA) is 37.0 Å². The fourth-order valence-electron chi connectivity index (χ4n) is 0.472. The van der Waals surface area contributed by atoms with Crippen LogP contribution in [-0.2, 0) is 0 Å². The molecule has 0 spiro atoms. The summed E-state index contributed by atoms with van der Waals surface area (Å²) in [5, 5.41) is 6.86. The lowest BCUT2D eigenvalue weighted by atomic mass is 10.9. The highest BCUT2D eigenvalue weighted by atomic mass is 35.5. The number of nitrogens with one attached hydrogen (secondary N) is 2. The minimum absolute atomic E-state index is 0.538. The molecule has 2 N–H and O–H groups in total. The highest BCUT2D eigenvalue weighted by molar-refractivity contribution is 7.80. The number of thiocarbonyl (C=S) groups is 1. The third-order valence-corrected chi connectivity index (χ3v) is 2.26. The van der Waals surface area contributed by atoms with Crippen molar-refractivity contribution in [1.82, 2.24) is 10.3 Å². The van der Waals surface area contributed by atoms with Crippen LogP contribution in [-0.4, -0.2) is 17.1 Å². The zero-order valence-corrected chi connectivity index (χ0v) is 8.11. The van der Waals surface area contributed by atoms with Crippen molar-refractivity contribution in [3.8, 4) is 0 Å². The van der Waals surface area contributed by atoms with E-state index in [4.69, 9.17) is 23.8 Å². The molecule has 1 aromatic rings. The van der Waals surface area contributed by atoms with Crippen molar-refractivity contribution in [3.05, 3.63) is 10.5 Å². The van der Waals surface area contributed by atoms with Gasteiger partial charge in [0.05, 0.1) is 6.20 Å². The summed E-state index contributed by atoms with van der Waals surface area (Å²) in [6, 6.07) is 0. The average Bonchev–Trinajstić information content (AvgIpc) is 2.35. The molecule has 1 heterocycles. The zero-order valence-electron chi connectivity index (χ0n) is 5.72. The van der Waals surface area contributed by atoms with Gasteiger partial charge in [0.15, 0.2) is 10.2 Å². The molecule has 3 nitrogen and oxygen atoms in total. The molecule has 0 saturated carbocycles. The molecule has 0 aliphatic heterocycles. The van der Waals surface area contributed by atoms with Gasteiger partial charge < -0.3 is 10.6 Å². The lowest BCUT2D eigenvalue weighted by Gasteiger charge is -2.00. The summed E-state index contributed by atoms with van der Waals surface area (Å²) >= 11 is 11.8. The molecule has 0 amide bonds. The molecule has 6 heteroatoms. The molecule has 11 heavy (non-hydrogen) atoms. The zero-order chi connectivity index (χ0) is 8.27. The maximum Gasteiger partial charge on any atom is 0.190 e. The maximum absolute atomic E-state index is 5.64. The Morgan fingerprint density at radius 1 is 1.82 bits per heavy atom. The van der Waals surface area contributed by atoms with E-state index in [1.165, 1.54) is 11.3 Å². The van der Waals surface area contributed by atoms with E-state index in [0.717, 1.165) is 0 Å². The van der Waals surface area contributed by atoms with Gasteiger partial charge >= 0.3 is 0 Å². The number of hydrogen-bond donors (Lipinski definition) is 2. The summed E-state index contributed by atoms with van der Waals surface area (Å²) in [6.07, 6.45) is 1.58. The van der Waals surface area contributed by atoms with Crippen LogP contribution in [0.4, 0.5) is 5.13 Å². The predicted octanol–water partition coefficient (Wildman–Crippen LogP) is 1.71. The molecule has 0 aliphatic rings. The van der Waals surface area contributed by atoms with Crippen LogP contribution in [0.15, 0.2) is 6.20 Å². The van der Waals surface area contributed by atoms with Crippen LogP contribution in [0.1, 0.15) is 0 Å².